The van der Waals surface area contributed by atoms with E-state index in [4.69, 9.17) is 23.2 Å². The molecule has 0 saturated carbocycles. The number of allylic oxidation sites excluding steroid dienone is 2. The van der Waals surface area contributed by atoms with Gasteiger partial charge in [-0.15, -0.1) is 23.2 Å². The van der Waals surface area contributed by atoms with Crippen LogP contribution in [-0.4, -0.2) is 17.5 Å². The SMILES string of the molecule is C=C(CCl)C(=O)C(=C)CCl. The van der Waals surface area contributed by atoms with Crippen molar-refractivity contribution in [2.75, 3.05) is 11.8 Å². The maximum atomic E-state index is 10.9. The fraction of sp³-hybridized carbons (Fsp3) is 0.286. The number of hydrogen-bond acceptors (Lipinski definition) is 1. The summed E-state index contributed by atoms with van der Waals surface area (Å²) in [6.45, 7) is 6.88. The standard InChI is InChI=1S/C7H8Cl2O/c1-5(3-8)7(10)6(2)4-9/h1-4H2. The van der Waals surface area contributed by atoms with Crippen LogP contribution in [0.5, 0.6) is 0 Å². The summed E-state index contributed by atoms with van der Waals surface area (Å²) >= 11 is 10.7. The molecule has 0 aliphatic carbocycles. The Labute approximate surface area is 70.3 Å². The van der Waals surface area contributed by atoms with Gasteiger partial charge < -0.3 is 0 Å². The molecule has 0 saturated heterocycles. The van der Waals surface area contributed by atoms with Gasteiger partial charge in [0.2, 0.25) is 0 Å². The number of alkyl halides is 2. The first-order chi connectivity index (χ1) is 4.63. The summed E-state index contributed by atoms with van der Waals surface area (Å²) in [5.74, 6) is 0.0359. The summed E-state index contributed by atoms with van der Waals surface area (Å²) in [7, 11) is 0. The van der Waals surface area contributed by atoms with Gasteiger partial charge in [-0.05, 0) is 0 Å². The monoisotopic (exact) mass is 178 g/mol. The number of hydrogen-bond donors (Lipinski definition) is 0. The molecule has 0 N–H and O–H groups in total. The van der Waals surface area contributed by atoms with Crippen molar-refractivity contribution in [3.8, 4) is 0 Å². The average Bonchev–Trinajstić information content (AvgIpc) is 2.00. The van der Waals surface area contributed by atoms with Gasteiger partial charge in [-0.3, -0.25) is 4.79 Å². The molecular formula is C7H8Cl2O. The minimum Gasteiger partial charge on any atom is -0.289 e. The molecular weight excluding hydrogens is 171 g/mol. The molecule has 0 unspecified atom stereocenters. The highest BCUT2D eigenvalue weighted by molar-refractivity contribution is 6.28. The Kier molecular flexibility index (Phi) is 4.41. The highest BCUT2D eigenvalue weighted by Crippen LogP contribution is 2.05. The summed E-state index contributed by atoms with van der Waals surface area (Å²) in [5.41, 5.74) is 0.680. The normalized spacial score (nSPS) is 9.00. The van der Waals surface area contributed by atoms with Gasteiger partial charge in [-0.25, -0.2) is 0 Å². The van der Waals surface area contributed by atoms with E-state index in [1.165, 1.54) is 0 Å². The summed E-state index contributed by atoms with van der Waals surface area (Å²) in [4.78, 5) is 10.9. The van der Waals surface area contributed by atoms with Gasteiger partial charge in [-0.1, -0.05) is 13.2 Å². The van der Waals surface area contributed by atoms with Crippen LogP contribution < -0.4 is 0 Å². The van der Waals surface area contributed by atoms with Gasteiger partial charge in [0.1, 0.15) is 0 Å². The summed E-state index contributed by atoms with van der Waals surface area (Å²) in [5, 5.41) is 0. The molecule has 0 rings (SSSR count). The van der Waals surface area contributed by atoms with Gasteiger partial charge in [-0.2, -0.15) is 0 Å². The Morgan fingerprint density at radius 3 is 1.60 bits per heavy atom. The van der Waals surface area contributed by atoms with E-state index >= 15 is 0 Å². The molecule has 0 amide bonds. The molecule has 10 heavy (non-hydrogen) atoms. The minimum atomic E-state index is -0.231. The molecule has 0 aliphatic rings. The molecule has 56 valence electrons. The number of carbonyl (C=O) groups is 1. The predicted molar refractivity (Wildman–Crippen MR) is 44.7 cm³/mol. The Morgan fingerprint density at radius 2 is 1.40 bits per heavy atom. The molecule has 1 nitrogen and oxygen atoms in total. The smallest absolute Gasteiger partial charge is 0.186 e. The maximum Gasteiger partial charge on any atom is 0.186 e. The Balaban J connectivity index is 4.09. The largest absolute Gasteiger partial charge is 0.289 e. The zero-order valence-electron chi connectivity index (χ0n) is 5.49. The van der Waals surface area contributed by atoms with Crippen molar-refractivity contribution in [3.63, 3.8) is 0 Å². The fourth-order valence-electron chi connectivity index (χ4n) is 0.371. The zero-order valence-corrected chi connectivity index (χ0v) is 7.00. The second-order valence-electron chi connectivity index (χ2n) is 1.80. The number of halogens is 2. The second-order valence-corrected chi connectivity index (χ2v) is 2.34. The van der Waals surface area contributed by atoms with E-state index in [0.29, 0.717) is 11.1 Å². The number of ketones is 1. The molecule has 0 atom stereocenters. The first-order valence-electron chi connectivity index (χ1n) is 2.65. The van der Waals surface area contributed by atoms with E-state index in [1.807, 2.05) is 0 Å². The van der Waals surface area contributed by atoms with E-state index < -0.39 is 0 Å². The van der Waals surface area contributed by atoms with Crippen LogP contribution in [0, 0.1) is 0 Å². The average molecular weight is 179 g/mol. The first-order valence-corrected chi connectivity index (χ1v) is 3.72. The molecule has 3 heteroatoms. The summed E-state index contributed by atoms with van der Waals surface area (Å²) in [6, 6.07) is 0. The lowest BCUT2D eigenvalue weighted by molar-refractivity contribution is -0.112. The van der Waals surface area contributed by atoms with Crippen molar-refractivity contribution in [3.05, 3.63) is 24.3 Å². The lowest BCUT2D eigenvalue weighted by atomic mass is 10.1. The Morgan fingerprint density at radius 1 is 1.10 bits per heavy atom. The van der Waals surface area contributed by atoms with Crippen LogP contribution in [-0.2, 0) is 4.79 Å². The van der Waals surface area contributed by atoms with Gasteiger partial charge in [0, 0.05) is 11.1 Å². The molecule has 0 radical (unpaired) electrons. The van der Waals surface area contributed by atoms with Gasteiger partial charge in [0.15, 0.2) is 5.78 Å². The number of Topliss-reactive ketones (excluding diaryl/α,β-unsaturated/α-hetero) is 1. The van der Waals surface area contributed by atoms with Crippen molar-refractivity contribution in [1.82, 2.24) is 0 Å². The molecule has 0 spiro atoms. The van der Waals surface area contributed by atoms with Crippen LogP contribution in [0.3, 0.4) is 0 Å². The highest BCUT2D eigenvalue weighted by atomic mass is 35.5. The van der Waals surface area contributed by atoms with E-state index in [2.05, 4.69) is 13.2 Å². The molecule has 0 fully saturated rings. The Hall–Kier alpha value is -0.270. The van der Waals surface area contributed by atoms with Gasteiger partial charge in [0.25, 0.3) is 0 Å². The zero-order chi connectivity index (χ0) is 8.15. The third-order valence-electron chi connectivity index (χ3n) is 0.965. The van der Waals surface area contributed by atoms with Crippen LogP contribution in [0.15, 0.2) is 24.3 Å². The van der Waals surface area contributed by atoms with Crippen LogP contribution in [0.25, 0.3) is 0 Å². The minimum absolute atomic E-state index is 0.134. The molecule has 0 aromatic heterocycles. The first kappa shape index (κ1) is 9.73. The van der Waals surface area contributed by atoms with Crippen LogP contribution in [0.4, 0.5) is 0 Å². The third-order valence-corrected chi connectivity index (χ3v) is 1.61. The highest BCUT2D eigenvalue weighted by Gasteiger charge is 2.08. The lowest BCUT2D eigenvalue weighted by Crippen LogP contribution is -2.06. The maximum absolute atomic E-state index is 10.9. The van der Waals surface area contributed by atoms with Crippen molar-refractivity contribution in [2.45, 2.75) is 0 Å². The van der Waals surface area contributed by atoms with Crippen molar-refractivity contribution in [2.24, 2.45) is 0 Å². The predicted octanol–water partition coefficient (Wildman–Crippen LogP) is 2.15. The molecule has 0 bridgehead atoms. The van der Waals surface area contributed by atoms with Crippen LogP contribution in [0.2, 0.25) is 0 Å². The van der Waals surface area contributed by atoms with Gasteiger partial charge in [0.05, 0.1) is 11.8 Å². The van der Waals surface area contributed by atoms with E-state index in [9.17, 15) is 4.79 Å². The molecule has 0 aromatic rings. The molecule has 0 aromatic carbocycles. The molecule has 0 heterocycles. The summed E-state index contributed by atoms with van der Waals surface area (Å²) < 4.78 is 0. The summed E-state index contributed by atoms with van der Waals surface area (Å²) in [6.07, 6.45) is 0. The Bertz CT molecular complexity index is 154. The fourth-order valence-corrected chi connectivity index (χ4v) is 0.614. The van der Waals surface area contributed by atoms with Crippen molar-refractivity contribution < 1.29 is 4.79 Å². The van der Waals surface area contributed by atoms with E-state index in [1.54, 1.807) is 0 Å². The van der Waals surface area contributed by atoms with Crippen LogP contribution >= 0.6 is 23.2 Å². The topological polar surface area (TPSA) is 17.1 Å². The van der Waals surface area contributed by atoms with Gasteiger partial charge >= 0.3 is 0 Å². The van der Waals surface area contributed by atoms with E-state index in [0.717, 1.165) is 0 Å². The number of carbonyl (C=O) groups excluding carboxylic acids is 1. The van der Waals surface area contributed by atoms with Crippen molar-refractivity contribution in [1.29, 1.82) is 0 Å². The second kappa shape index (κ2) is 4.53. The van der Waals surface area contributed by atoms with E-state index in [-0.39, 0.29) is 17.5 Å². The quantitative estimate of drug-likeness (QED) is 0.477. The van der Waals surface area contributed by atoms with Crippen LogP contribution in [0.1, 0.15) is 0 Å². The third kappa shape index (κ3) is 2.54. The number of rotatable bonds is 4. The molecule has 0 aliphatic heterocycles. The van der Waals surface area contributed by atoms with Crippen molar-refractivity contribution >= 4 is 29.0 Å². The lowest BCUT2D eigenvalue weighted by Gasteiger charge is -1.99.